The molecular weight excluding hydrogens is 331 g/mol. The molecule has 6 heteroatoms. The number of nitrogens with zero attached hydrogens (tertiary/aromatic N) is 4. The SMILES string of the molecule is N#Cc1cccnc1N1CCN(C(=O)C2CC2c2ccc(F)cc2)CC1. The van der Waals surface area contributed by atoms with Crippen molar-refractivity contribution < 1.29 is 9.18 Å². The highest BCUT2D eigenvalue weighted by Gasteiger charge is 2.46. The summed E-state index contributed by atoms with van der Waals surface area (Å²) in [5, 5.41) is 9.22. The topological polar surface area (TPSA) is 60.2 Å². The summed E-state index contributed by atoms with van der Waals surface area (Å²) in [5.74, 6) is 0.844. The van der Waals surface area contributed by atoms with Crippen LogP contribution in [0.4, 0.5) is 10.2 Å². The van der Waals surface area contributed by atoms with Gasteiger partial charge in [-0.05, 0) is 42.2 Å². The lowest BCUT2D eigenvalue weighted by molar-refractivity contribution is -0.133. The minimum absolute atomic E-state index is 0.0107. The number of anilines is 1. The Kier molecular flexibility index (Phi) is 4.29. The monoisotopic (exact) mass is 350 g/mol. The lowest BCUT2D eigenvalue weighted by Crippen LogP contribution is -2.49. The predicted octanol–water partition coefficient (Wildman–Crippen LogP) is 2.54. The first-order valence-electron chi connectivity index (χ1n) is 8.81. The minimum atomic E-state index is -0.250. The van der Waals surface area contributed by atoms with Gasteiger partial charge in [-0.2, -0.15) is 5.26 Å². The van der Waals surface area contributed by atoms with Crippen molar-refractivity contribution in [1.29, 1.82) is 5.26 Å². The smallest absolute Gasteiger partial charge is 0.226 e. The molecule has 132 valence electrons. The van der Waals surface area contributed by atoms with Crippen LogP contribution in [0.5, 0.6) is 0 Å². The molecule has 0 N–H and O–H groups in total. The predicted molar refractivity (Wildman–Crippen MR) is 95.0 cm³/mol. The highest BCUT2D eigenvalue weighted by atomic mass is 19.1. The average Bonchev–Trinajstić information content (AvgIpc) is 3.49. The van der Waals surface area contributed by atoms with Gasteiger partial charge in [0.1, 0.15) is 17.7 Å². The molecule has 1 aromatic carbocycles. The second-order valence-corrected chi connectivity index (χ2v) is 6.80. The maximum Gasteiger partial charge on any atom is 0.226 e. The summed E-state index contributed by atoms with van der Waals surface area (Å²) in [6.45, 7) is 2.61. The Bertz CT molecular complexity index is 853. The fourth-order valence-corrected chi connectivity index (χ4v) is 3.66. The van der Waals surface area contributed by atoms with Crippen LogP contribution in [0.3, 0.4) is 0 Å². The fourth-order valence-electron chi connectivity index (χ4n) is 3.66. The van der Waals surface area contributed by atoms with Crippen LogP contribution in [0, 0.1) is 23.1 Å². The van der Waals surface area contributed by atoms with Gasteiger partial charge < -0.3 is 9.80 Å². The van der Waals surface area contributed by atoms with Gasteiger partial charge >= 0.3 is 0 Å². The summed E-state index contributed by atoms with van der Waals surface area (Å²) in [6.07, 6.45) is 2.52. The van der Waals surface area contributed by atoms with E-state index < -0.39 is 0 Å². The molecular formula is C20H19FN4O. The van der Waals surface area contributed by atoms with Gasteiger partial charge in [0.15, 0.2) is 0 Å². The van der Waals surface area contributed by atoms with Gasteiger partial charge in [-0.15, -0.1) is 0 Å². The zero-order chi connectivity index (χ0) is 18.1. The Balaban J connectivity index is 1.36. The summed E-state index contributed by atoms with van der Waals surface area (Å²) in [7, 11) is 0. The van der Waals surface area contributed by atoms with E-state index in [1.165, 1.54) is 12.1 Å². The van der Waals surface area contributed by atoms with Crippen molar-refractivity contribution in [3.05, 3.63) is 59.5 Å². The maximum atomic E-state index is 13.0. The molecule has 1 aliphatic heterocycles. The van der Waals surface area contributed by atoms with Gasteiger partial charge in [0.2, 0.25) is 5.91 Å². The number of benzene rings is 1. The van der Waals surface area contributed by atoms with E-state index in [2.05, 4.69) is 16.0 Å². The van der Waals surface area contributed by atoms with Gasteiger partial charge in [-0.3, -0.25) is 4.79 Å². The van der Waals surface area contributed by atoms with E-state index in [0.717, 1.165) is 12.0 Å². The standard InChI is InChI=1S/C20H19FN4O/c21-16-5-3-14(4-6-16)17-12-18(17)20(26)25-10-8-24(9-11-25)19-15(13-22)2-1-7-23-19/h1-7,17-18H,8-12H2. The highest BCUT2D eigenvalue weighted by molar-refractivity contribution is 5.83. The summed E-state index contributed by atoms with van der Waals surface area (Å²) in [6, 6.07) is 12.1. The minimum Gasteiger partial charge on any atom is -0.352 e. The molecule has 1 saturated carbocycles. The molecule has 0 radical (unpaired) electrons. The number of carbonyl (C=O) groups is 1. The second kappa shape index (κ2) is 6.75. The molecule has 2 fully saturated rings. The molecule has 1 aromatic heterocycles. The lowest BCUT2D eigenvalue weighted by atomic mass is 10.1. The summed E-state index contributed by atoms with van der Waals surface area (Å²) in [5.41, 5.74) is 1.60. The van der Waals surface area contributed by atoms with Crippen LogP contribution in [-0.2, 0) is 4.79 Å². The van der Waals surface area contributed by atoms with E-state index in [1.807, 2.05) is 4.90 Å². The van der Waals surface area contributed by atoms with Crippen LogP contribution in [0.25, 0.3) is 0 Å². The largest absolute Gasteiger partial charge is 0.352 e. The average molecular weight is 350 g/mol. The second-order valence-electron chi connectivity index (χ2n) is 6.80. The van der Waals surface area contributed by atoms with Crippen molar-refractivity contribution in [2.75, 3.05) is 31.1 Å². The van der Waals surface area contributed by atoms with Crippen molar-refractivity contribution in [2.24, 2.45) is 5.92 Å². The zero-order valence-electron chi connectivity index (χ0n) is 14.3. The van der Waals surface area contributed by atoms with E-state index in [4.69, 9.17) is 0 Å². The first-order chi connectivity index (χ1) is 12.7. The Morgan fingerprint density at radius 2 is 1.88 bits per heavy atom. The molecule has 26 heavy (non-hydrogen) atoms. The fraction of sp³-hybridized carbons (Fsp3) is 0.350. The van der Waals surface area contributed by atoms with E-state index in [1.54, 1.807) is 30.5 Å². The molecule has 0 bridgehead atoms. The van der Waals surface area contributed by atoms with Crippen LogP contribution in [-0.4, -0.2) is 42.0 Å². The molecule has 1 aliphatic carbocycles. The first-order valence-corrected chi connectivity index (χ1v) is 8.81. The van der Waals surface area contributed by atoms with Crippen LogP contribution < -0.4 is 4.90 Å². The third-order valence-corrected chi connectivity index (χ3v) is 5.20. The van der Waals surface area contributed by atoms with E-state index >= 15 is 0 Å². The Labute approximate surface area is 151 Å². The lowest BCUT2D eigenvalue weighted by Gasteiger charge is -2.35. The van der Waals surface area contributed by atoms with E-state index in [0.29, 0.717) is 37.6 Å². The molecule has 0 spiro atoms. The van der Waals surface area contributed by atoms with E-state index in [-0.39, 0.29) is 23.6 Å². The van der Waals surface area contributed by atoms with Crippen molar-refractivity contribution in [3.8, 4) is 6.07 Å². The summed E-state index contributed by atoms with van der Waals surface area (Å²) in [4.78, 5) is 21.0. The number of halogens is 1. The number of amides is 1. The highest BCUT2D eigenvalue weighted by Crippen LogP contribution is 2.48. The number of rotatable bonds is 3. The van der Waals surface area contributed by atoms with Crippen LogP contribution in [0.15, 0.2) is 42.6 Å². The third kappa shape index (κ3) is 3.13. The number of hydrogen-bond acceptors (Lipinski definition) is 4. The Morgan fingerprint density at radius 1 is 1.15 bits per heavy atom. The molecule has 2 aromatic rings. The number of pyridine rings is 1. The van der Waals surface area contributed by atoms with Gasteiger partial charge in [0.05, 0.1) is 5.56 Å². The number of hydrogen-bond donors (Lipinski definition) is 0. The van der Waals surface area contributed by atoms with Crippen molar-refractivity contribution in [3.63, 3.8) is 0 Å². The molecule has 1 amide bonds. The number of aromatic nitrogens is 1. The zero-order valence-corrected chi connectivity index (χ0v) is 14.3. The van der Waals surface area contributed by atoms with Gasteiger partial charge in [0.25, 0.3) is 0 Å². The molecule has 2 atom stereocenters. The molecule has 5 nitrogen and oxygen atoms in total. The molecule has 2 heterocycles. The number of carbonyl (C=O) groups excluding carboxylic acids is 1. The Morgan fingerprint density at radius 3 is 2.58 bits per heavy atom. The molecule has 2 unspecified atom stereocenters. The number of piperazine rings is 1. The normalized spacial score (nSPS) is 22.0. The summed E-state index contributed by atoms with van der Waals surface area (Å²) >= 11 is 0. The van der Waals surface area contributed by atoms with Crippen molar-refractivity contribution in [1.82, 2.24) is 9.88 Å². The summed E-state index contributed by atoms with van der Waals surface area (Å²) < 4.78 is 13.0. The quantitative estimate of drug-likeness (QED) is 0.854. The first kappa shape index (κ1) is 16.5. The van der Waals surface area contributed by atoms with Crippen LogP contribution in [0.2, 0.25) is 0 Å². The Hall–Kier alpha value is -2.94. The van der Waals surface area contributed by atoms with Gasteiger partial charge in [-0.25, -0.2) is 9.37 Å². The molecule has 4 rings (SSSR count). The third-order valence-electron chi connectivity index (χ3n) is 5.20. The maximum absolute atomic E-state index is 13.0. The van der Waals surface area contributed by atoms with Crippen LogP contribution in [0.1, 0.15) is 23.5 Å². The number of nitriles is 1. The molecule has 2 aliphatic rings. The van der Waals surface area contributed by atoms with E-state index in [9.17, 15) is 14.4 Å². The molecule has 1 saturated heterocycles. The van der Waals surface area contributed by atoms with Crippen molar-refractivity contribution in [2.45, 2.75) is 12.3 Å². The van der Waals surface area contributed by atoms with Gasteiger partial charge in [-0.1, -0.05) is 12.1 Å². The van der Waals surface area contributed by atoms with Gasteiger partial charge in [0, 0.05) is 38.3 Å². The van der Waals surface area contributed by atoms with Crippen molar-refractivity contribution >= 4 is 11.7 Å². The van der Waals surface area contributed by atoms with Crippen LogP contribution >= 0.6 is 0 Å².